The highest BCUT2D eigenvalue weighted by molar-refractivity contribution is 5.53. The Bertz CT molecular complexity index is 494. The average Bonchev–Trinajstić information content (AvgIpc) is 2.37. The van der Waals surface area contributed by atoms with Crippen LogP contribution in [0.5, 0.6) is 0 Å². The molecule has 0 aliphatic carbocycles. The second kappa shape index (κ2) is 5.54. The molecule has 3 heteroatoms. The molecule has 94 valence electrons. The van der Waals surface area contributed by atoms with Crippen molar-refractivity contribution in [1.82, 2.24) is 4.98 Å². The van der Waals surface area contributed by atoms with Crippen molar-refractivity contribution in [2.75, 3.05) is 10.6 Å². The highest BCUT2D eigenvalue weighted by Gasteiger charge is 2.11. The number of nitrogens with two attached hydrogens (primary N) is 1. The Balaban J connectivity index is 2.24. The van der Waals surface area contributed by atoms with E-state index in [4.69, 9.17) is 5.73 Å². The van der Waals surface area contributed by atoms with Crippen LogP contribution in [0.25, 0.3) is 0 Å². The normalized spacial score (nSPS) is 10.6. The molecule has 3 nitrogen and oxygen atoms in total. The van der Waals surface area contributed by atoms with Crippen molar-refractivity contribution in [3.63, 3.8) is 0 Å². The van der Waals surface area contributed by atoms with E-state index >= 15 is 0 Å². The van der Waals surface area contributed by atoms with Crippen molar-refractivity contribution in [1.29, 1.82) is 0 Å². The van der Waals surface area contributed by atoms with Gasteiger partial charge in [-0.1, -0.05) is 30.3 Å². The molecule has 1 aromatic heterocycles. The summed E-state index contributed by atoms with van der Waals surface area (Å²) in [6, 6.07) is 14.8. The Morgan fingerprint density at radius 3 is 2.50 bits per heavy atom. The summed E-state index contributed by atoms with van der Waals surface area (Å²) in [5, 5.41) is 0. The maximum absolute atomic E-state index is 5.75. The molecule has 18 heavy (non-hydrogen) atoms. The number of anilines is 2. The van der Waals surface area contributed by atoms with Crippen LogP contribution in [0, 0.1) is 0 Å². The predicted molar refractivity (Wildman–Crippen MR) is 76.4 cm³/mol. The maximum Gasteiger partial charge on any atom is 0.125 e. The topological polar surface area (TPSA) is 42.2 Å². The summed E-state index contributed by atoms with van der Waals surface area (Å²) in [6.07, 6.45) is 1.76. The van der Waals surface area contributed by atoms with Crippen LogP contribution in [0.1, 0.15) is 19.4 Å². The van der Waals surface area contributed by atoms with E-state index in [1.54, 1.807) is 6.20 Å². The zero-order valence-electron chi connectivity index (χ0n) is 10.9. The van der Waals surface area contributed by atoms with Gasteiger partial charge in [-0.15, -0.1) is 0 Å². The molecule has 1 heterocycles. The number of pyridine rings is 1. The predicted octanol–water partition coefficient (Wildman–Crippen LogP) is 3.08. The van der Waals surface area contributed by atoms with Gasteiger partial charge >= 0.3 is 0 Å². The number of nitrogen functional groups attached to an aromatic ring is 1. The van der Waals surface area contributed by atoms with Crippen molar-refractivity contribution in [2.24, 2.45) is 0 Å². The van der Waals surface area contributed by atoms with Gasteiger partial charge in [0.05, 0.1) is 0 Å². The van der Waals surface area contributed by atoms with Gasteiger partial charge in [-0.2, -0.15) is 0 Å². The molecule has 2 aromatic rings. The van der Waals surface area contributed by atoms with Crippen LogP contribution in [0.15, 0.2) is 48.7 Å². The number of aromatic nitrogens is 1. The molecule has 0 spiro atoms. The van der Waals surface area contributed by atoms with Crippen molar-refractivity contribution in [2.45, 2.75) is 26.4 Å². The summed E-state index contributed by atoms with van der Waals surface area (Å²) in [5.74, 6) is 0.561. The quantitative estimate of drug-likeness (QED) is 0.894. The summed E-state index contributed by atoms with van der Waals surface area (Å²) in [4.78, 5) is 6.35. The fourth-order valence-corrected chi connectivity index (χ4v) is 1.97. The van der Waals surface area contributed by atoms with Crippen LogP contribution in [-0.4, -0.2) is 11.0 Å². The van der Waals surface area contributed by atoms with Crippen LogP contribution in [-0.2, 0) is 6.54 Å². The third-order valence-electron chi connectivity index (χ3n) is 2.92. The molecule has 0 saturated heterocycles. The van der Waals surface area contributed by atoms with Crippen molar-refractivity contribution >= 4 is 11.5 Å². The van der Waals surface area contributed by atoms with E-state index in [9.17, 15) is 0 Å². The van der Waals surface area contributed by atoms with Gasteiger partial charge in [0.25, 0.3) is 0 Å². The lowest BCUT2D eigenvalue weighted by Gasteiger charge is -2.29. The highest BCUT2D eigenvalue weighted by Crippen LogP contribution is 2.20. The first-order valence-electron chi connectivity index (χ1n) is 6.19. The minimum atomic E-state index is 0.409. The van der Waals surface area contributed by atoms with Gasteiger partial charge in [0.15, 0.2) is 0 Å². The van der Waals surface area contributed by atoms with E-state index in [1.807, 2.05) is 18.2 Å². The molecule has 0 atom stereocenters. The third-order valence-corrected chi connectivity index (χ3v) is 2.92. The molecule has 1 aromatic carbocycles. The molecule has 2 rings (SSSR count). The molecule has 0 bridgehead atoms. The first-order chi connectivity index (χ1) is 8.66. The molecule has 0 aliphatic rings. The minimum Gasteiger partial charge on any atom is -0.384 e. The fourth-order valence-electron chi connectivity index (χ4n) is 1.97. The smallest absolute Gasteiger partial charge is 0.125 e. The van der Waals surface area contributed by atoms with Gasteiger partial charge in [-0.3, -0.25) is 0 Å². The minimum absolute atomic E-state index is 0.409. The summed E-state index contributed by atoms with van der Waals surface area (Å²) in [5.41, 5.74) is 8.16. The van der Waals surface area contributed by atoms with Gasteiger partial charge in [0.2, 0.25) is 0 Å². The first-order valence-corrected chi connectivity index (χ1v) is 6.19. The highest BCUT2D eigenvalue weighted by atomic mass is 15.2. The number of hydrogen-bond donors (Lipinski definition) is 1. The molecular formula is C15H19N3. The second-order valence-corrected chi connectivity index (χ2v) is 4.65. The zero-order chi connectivity index (χ0) is 13.0. The number of hydrogen-bond acceptors (Lipinski definition) is 3. The van der Waals surface area contributed by atoms with E-state index in [-0.39, 0.29) is 0 Å². The second-order valence-electron chi connectivity index (χ2n) is 4.65. The summed E-state index contributed by atoms with van der Waals surface area (Å²) in [6.45, 7) is 5.24. The molecule has 0 aliphatic heterocycles. The maximum atomic E-state index is 5.75. The number of nitrogens with zero attached hydrogens (tertiary/aromatic N) is 2. The van der Waals surface area contributed by atoms with Crippen LogP contribution < -0.4 is 10.6 Å². The molecule has 0 amide bonds. The van der Waals surface area contributed by atoms with Gasteiger partial charge in [-0.05, 0) is 25.5 Å². The first kappa shape index (κ1) is 12.4. The summed E-state index contributed by atoms with van der Waals surface area (Å²) in [7, 11) is 0. The Morgan fingerprint density at radius 1 is 1.17 bits per heavy atom. The Morgan fingerprint density at radius 2 is 1.89 bits per heavy atom. The van der Waals surface area contributed by atoms with Gasteiger partial charge in [-0.25, -0.2) is 4.98 Å². The summed E-state index contributed by atoms with van der Waals surface area (Å²) >= 11 is 0. The monoisotopic (exact) mass is 241 g/mol. The van der Waals surface area contributed by atoms with Crippen molar-refractivity contribution < 1.29 is 0 Å². The van der Waals surface area contributed by atoms with Crippen LogP contribution in [0.4, 0.5) is 11.5 Å². The molecule has 2 N–H and O–H groups in total. The van der Waals surface area contributed by atoms with Crippen LogP contribution in [0.3, 0.4) is 0 Å². The van der Waals surface area contributed by atoms with E-state index in [2.05, 4.69) is 48.0 Å². The van der Waals surface area contributed by atoms with E-state index in [1.165, 1.54) is 5.56 Å². The molecule has 0 unspecified atom stereocenters. The van der Waals surface area contributed by atoms with E-state index in [0.717, 1.165) is 12.2 Å². The van der Waals surface area contributed by atoms with Gasteiger partial charge in [0, 0.05) is 30.5 Å². The lowest BCUT2D eigenvalue weighted by molar-refractivity contribution is 0.682. The Kier molecular flexibility index (Phi) is 3.82. The SMILES string of the molecule is CC(C)N(Cc1ccccc1)c1ccnc(N)c1. The average molecular weight is 241 g/mol. The molecular weight excluding hydrogens is 222 g/mol. The Hall–Kier alpha value is -2.03. The van der Waals surface area contributed by atoms with Crippen LogP contribution >= 0.6 is 0 Å². The van der Waals surface area contributed by atoms with Gasteiger partial charge in [0.1, 0.15) is 5.82 Å². The standard InChI is InChI=1S/C15H19N3/c1-12(2)18(11-13-6-4-3-5-7-13)14-8-9-17-15(16)10-14/h3-10,12H,11H2,1-2H3,(H2,16,17). The molecule has 0 radical (unpaired) electrons. The van der Waals surface area contributed by atoms with Crippen molar-refractivity contribution in [3.8, 4) is 0 Å². The summed E-state index contributed by atoms with van der Waals surface area (Å²) < 4.78 is 0. The zero-order valence-corrected chi connectivity index (χ0v) is 10.9. The van der Waals surface area contributed by atoms with Crippen molar-refractivity contribution in [3.05, 3.63) is 54.2 Å². The lowest BCUT2D eigenvalue weighted by atomic mass is 10.1. The number of benzene rings is 1. The lowest BCUT2D eigenvalue weighted by Crippen LogP contribution is -2.30. The van der Waals surface area contributed by atoms with Gasteiger partial charge < -0.3 is 10.6 Å². The van der Waals surface area contributed by atoms with E-state index in [0.29, 0.717) is 11.9 Å². The Labute approximate surface area is 108 Å². The number of rotatable bonds is 4. The molecule has 0 fully saturated rings. The fraction of sp³-hybridized carbons (Fsp3) is 0.267. The largest absolute Gasteiger partial charge is 0.384 e. The third kappa shape index (κ3) is 3.00. The van der Waals surface area contributed by atoms with Crippen LogP contribution in [0.2, 0.25) is 0 Å². The molecule has 0 saturated carbocycles. The van der Waals surface area contributed by atoms with E-state index < -0.39 is 0 Å².